The Kier molecular flexibility index (Phi) is 2.85. The molecular weight excluding hydrogens is 196 g/mol. The molecule has 2 rings (SSSR count). The van der Waals surface area contributed by atoms with Crippen LogP contribution in [0.25, 0.3) is 0 Å². The monoisotopic (exact) mass is 212 g/mol. The Morgan fingerprint density at radius 3 is 2.86 bits per heavy atom. The number of likely N-dealkylation sites (tertiary alicyclic amines) is 1. The second-order valence-electron chi connectivity index (χ2n) is 3.93. The first-order valence-electron chi connectivity index (χ1n) is 4.98. The number of hydrogen-bond acceptors (Lipinski definition) is 4. The van der Waals surface area contributed by atoms with Gasteiger partial charge in [0.05, 0.1) is 18.3 Å². The van der Waals surface area contributed by atoms with Crippen molar-refractivity contribution in [1.29, 1.82) is 0 Å². The lowest BCUT2D eigenvalue weighted by atomic mass is 10.3. The summed E-state index contributed by atoms with van der Waals surface area (Å²) in [5.41, 5.74) is 1.14. The molecule has 0 spiro atoms. The van der Waals surface area contributed by atoms with Gasteiger partial charge in [-0.2, -0.15) is 0 Å². The first-order chi connectivity index (χ1) is 6.65. The van der Waals surface area contributed by atoms with Gasteiger partial charge in [0.2, 0.25) is 0 Å². The summed E-state index contributed by atoms with van der Waals surface area (Å²) < 4.78 is 0. The van der Waals surface area contributed by atoms with Gasteiger partial charge in [-0.15, -0.1) is 11.3 Å². The van der Waals surface area contributed by atoms with Gasteiger partial charge in [-0.1, -0.05) is 0 Å². The van der Waals surface area contributed by atoms with E-state index in [0.29, 0.717) is 0 Å². The first kappa shape index (κ1) is 10.1. The summed E-state index contributed by atoms with van der Waals surface area (Å²) in [5, 5.41) is 10.6. The van der Waals surface area contributed by atoms with Crippen LogP contribution in [-0.4, -0.2) is 34.2 Å². The van der Waals surface area contributed by atoms with Crippen LogP contribution in [0.5, 0.6) is 0 Å². The molecule has 1 N–H and O–H groups in total. The van der Waals surface area contributed by atoms with Crippen LogP contribution in [0.3, 0.4) is 0 Å². The predicted molar refractivity (Wildman–Crippen MR) is 57.5 cm³/mol. The van der Waals surface area contributed by atoms with Gasteiger partial charge in [-0.3, -0.25) is 4.90 Å². The van der Waals surface area contributed by atoms with Crippen LogP contribution >= 0.6 is 11.3 Å². The van der Waals surface area contributed by atoms with Gasteiger partial charge >= 0.3 is 0 Å². The molecule has 14 heavy (non-hydrogen) atoms. The average molecular weight is 212 g/mol. The van der Waals surface area contributed by atoms with Crippen LogP contribution in [-0.2, 0) is 6.54 Å². The second kappa shape index (κ2) is 3.96. The maximum atomic E-state index is 9.38. The fourth-order valence-corrected chi connectivity index (χ4v) is 2.73. The SMILES string of the molecule is Cc1nc(CN2CCC(O)C2)sc1C. The average Bonchev–Trinajstić information content (AvgIpc) is 2.62. The highest BCUT2D eigenvalue weighted by Gasteiger charge is 2.21. The fourth-order valence-electron chi connectivity index (χ4n) is 1.75. The molecule has 0 aromatic carbocycles. The standard InChI is InChI=1S/C10H16N2OS/c1-7-8(2)14-10(11-7)6-12-4-3-9(13)5-12/h9,13H,3-6H2,1-2H3. The molecule has 1 atom stereocenters. The van der Waals surface area contributed by atoms with E-state index < -0.39 is 0 Å². The van der Waals surface area contributed by atoms with Gasteiger partial charge in [0.15, 0.2) is 0 Å². The fraction of sp³-hybridized carbons (Fsp3) is 0.700. The summed E-state index contributed by atoms with van der Waals surface area (Å²) in [4.78, 5) is 8.07. The molecule has 78 valence electrons. The van der Waals surface area contributed by atoms with Gasteiger partial charge in [0.1, 0.15) is 5.01 Å². The molecule has 1 aromatic heterocycles. The number of rotatable bonds is 2. The topological polar surface area (TPSA) is 36.4 Å². The van der Waals surface area contributed by atoms with Crippen molar-refractivity contribution < 1.29 is 5.11 Å². The maximum Gasteiger partial charge on any atom is 0.107 e. The van der Waals surface area contributed by atoms with E-state index in [1.165, 1.54) is 9.88 Å². The molecular formula is C10H16N2OS. The van der Waals surface area contributed by atoms with Crippen molar-refractivity contribution in [3.63, 3.8) is 0 Å². The Hall–Kier alpha value is -0.450. The van der Waals surface area contributed by atoms with Crippen molar-refractivity contribution in [3.05, 3.63) is 15.6 Å². The predicted octanol–water partition coefficient (Wildman–Crippen LogP) is 1.33. The van der Waals surface area contributed by atoms with Crippen LogP contribution in [0.1, 0.15) is 22.0 Å². The molecule has 1 unspecified atom stereocenters. The molecule has 1 aromatic rings. The van der Waals surface area contributed by atoms with Gasteiger partial charge < -0.3 is 5.11 Å². The van der Waals surface area contributed by atoms with Crippen LogP contribution in [0.4, 0.5) is 0 Å². The molecule has 3 nitrogen and oxygen atoms in total. The lowest BCUT2D eigenvalue weighted by Crippen LogP contribution is -2.21. The summed E-state index contributed by atoms with van der Waals surface area (Å²) in [6.45, 7) is 6.86. The van der Waals surface area contributed by atoms with E-state index in [1.807, 2.05) is 6.92 Å². The number of nitrogens with zero attached hydrogens (tertiary/aromatic N) is 2. The molecule has 1 fully saturated rings. The zero-order valence-corrected chi connectivity index (χ0v) is 9.47. The Balaban J connectivity index is 1.97. The highest BCUT2D eigenvalue weighted by Crippen LogP contribution is 2.20. The van der Waals surface area contributed by atoms with E-state index in [2.05, 4.69) is 16.8 Å². The number of aryl methyl sites for hydroxylation is 2. The molecule has 0 saturated carbocycles. The Morgan fingerprint density at radius 1 is 1.57 bits per heavy atom. The third-order valence-corrected chi connectivity index (χ3v) is 3.74. The molecule has 0 bridgehead atoms. The van der Waals surface area contributed by atoms with E-state index in [4.69, 9.17) is 0 Å². The van der Waals surface area contributed by atoms with E-state index in [1.54, 1.807) is 11.3 Å². The highest BCUT2D eigenvalue weighted by molar-refractivity contribution is 7.11. The van der Waals surface area contributed by atoms with Gasteiger partial charge in [0.25, 0.3) is 0 Å². The smallest absolute Gasteiger partial charge is 0.107 e. The summed E-state index contributed by atoms with van der Waals surface area (Å²) in [5.74, 6) is 0. The number of aliphatic hydroxyl groups excluding tert-OH is 1. The minimum Gasteiger partial charge on any atom is -0.392 e. The molecule has 0 amide bonds. The van der Waals surface area contributed by atoms with Gasteiger partial charge in [-0.05, 0) is 20.3 Å². The van der Waals surface area contributed by atoms with E-state index in [9.17, 15) is 5.11 Å². The zero-order chi connectivity index (χ0) is 10.1. The van der Waals surface area contributed by atoms with E-state index >= 15 is 0 Å². The van der Waals surface area contributed by atoms with Crippen molar-refractivity contribution in [2.45, 2.75) is 32.9 Å². The third kappa shape index (κ3) is 2.13. The van der Waals surface area contributed by atoms with E-state index in [0.717, 1.165) is 31.7 Å². The van der Waals surface area contributed by atoms with E-state index in [-0.39, 0.29) is 6.10 Å². The van der Waals surface area contributed by atoms with Gasteiger partial charge in [-0.25, -0.2) is 4.98 Å². The molecule has 1 saturated heterocycles. The Bertz CT molecular complexity index is 304. The summed E-state index contributed by atoms with van der Waals surface area (Å²) in [6.07, 6.45) is 0.778. The minimum absolute atomic E-state index is 0.128. The van der Waals surface area contributed by atoms with Crippen molar-refractivity contribution in [2.24, 2.45) is 0 Å². The Labute approximate surface area is 88.4 Å². The first-order valence-corrected chi connectivity index (χ1v) is 5.80. The van der Waals surface area contributed by atoms with Crippen molar-refractivity contribution in [1.82, 2.24) is 9.88 Å². The van der Waals surface area contributed by atoms with Crippen molar-refractivity contribution in [2.75, 3.05) is 13.1 Å². The third-order valence-electron chi connectivity index (χ3n) is 2.68. The normalized spacial score (nSPS) is 23.2. The molecule has 2 heterocycles. The minimum atomic E-state index is -0.128. The van der Waals surface area contributed by atoms with Gasteiger partial charge in [0, 0.05) is 18.0 Å². The number of β-amino-alcohol motifs (C(OH)–C–C–N with tert-alkyl or cyclic N) is 1. The quantitative estimate of drug-likeness (QED) is 0.803. The second-order valence-corrected chi connectivity index (χ2v) is 5.21. The summed E-state index contributed by atoms with van der Waals surface area (Å²) in [6, 6.07) is 0. The lowest BCUT2D eigenvalue weighted by Gasteiger charge is -2.11. The van der Waals surface area contributed by atoms with Crippen LogP contribution in [0.15, 0.2) is 0 Å². The number of hydrogen-bond donors (Lipinski definition) is 1. The van der Waals surface area contributed by atoms with Crippen LogP contribution in [0.2, 0.25) is 0 Å². The molecule has 1 aliphatic rings. The summed E-state index contributed by atoms with van der Waals surface area (Å²) >= 11 is 1.77. The number of aliphatic hydroxyl groups is 1. The molecule has 0 radical (unpaired) electrons. The number of aromatic nitrogens is 1. The van der Waals surface area contributed by atoms with Crippen molar-refractivity contribution >= 4 is 11.3 Å². The molecule has 4 heteroatoms. The number of thiazole rings is 1. The maximum absolute atomic E-state index is 9.38. The molecule has 0 aliphatic carbocycles. The Morgan fingerprint density at radius 2 is 2.36 bits per heavy atom. The highest BCUT2D eigenvalue weighted by atomic mass is 32.1. The van der Waals surface area contributed by atoms with Crippen LogP contribution in [0, 0.1) is 13.8 Å². The lowest BCUT2D eigenvalue weighted by molar-refractivity contribution is 0.174. The summed E-state index contributed by atoms with van der Waals surface area (Å²) in [7, 11) is 0. The molecule has 1 aliphatic heterocycles. The largest absolute Gasteiger partial charge is 0.392 e. The van der Waals surface area contributed by atoms with Crippen molar-refractivity contribution in [3.8, 4) is 0 Å². The van der Waals surface area contributed by atoms with Crippen LogP contribution < -0.4 is 0 Å². The zero-order valence-electron chi connectivity index (χ0n) is 8.66.